The number of aliphatic hydroxyl groups excluding tert-OH is 1. The number of halogens is 3. The number of piperidine rings is 1. The van der Waals surface area contributed by atoms with Crippen molar-refractivity contribution in [2.45, 2.75) is 37.6 Å². The lowest BCUT2D eigenvalue weighted by Crippen LogP contribution is -2.62. The minimum absolute atomic E-state index is 0.0286. The maximum absolute atomic E-state index is 12.8. The van der Waals surface area contributed by atoms with E-state index in [4.69, 9.17) is 10.5 Å². The summed E-state index contributed by atoms with van der Waals surface area (Å²) in [6.45, 7) is 1.60. The highest BCUT2D eigenvalue weighted by atomic mass is 19.4. The quantitative estimate of drug-likeness (QED) is 0.848. The van der Waals surface area contributed by atoms with Gasteiger partial charge in [0.15, 0.2) is 0 Å². The first-order chi connectivity index (χ1) is 12.3. The molecule has 1 saturated heterocycles. The average molecular weight is 372 g/mol. The van der Waals surface area contributed by atoms with Crippen molar-refractivity contribution in [3.63, 3.8) is 0 Å². The van der Waals surface area contributed by atoms with Crippen LogP contribution in [0.1, 0.15) is 35.2 Å². The van der Waals surface area contributed by atoms with Gasteiger partial charge in [-0.25, -0.2) is 0 Å². The molecular weight excluding hydrogens is 349 g/mol. The van der Waals surface area contributed by atoms with Crippen LogP contribution in [0.3, 0.4) is 0 Å². The fourth-order valence-corrected chi connectivity index (χ4v) is 3.96. The van der Waals surface area contributed by atoms with E-state index in [1.807, 2.05) is 0 Å². The molecule has 1 aromatic carbocycles. The van der Waals surface area contributed by atoms with Gasteiger partial charge >= 0.3 is 6.18 Å². The molecule has 1 amide bonds. The molecule has 1 aliphatic heterocycles. The molecule has 3 rings (SSSR count). The van der Waals surface area contributed by atoms with Gasteiger partial charge in [0.25, 0.3) is 5.91 Å². The van der Waals surface area contributed by atoms with Crippen LogP contribution in [0, 0.1) is 5.41 Å². The Hall–Kier alpha value is -1.64. The van der Waals surface area contributed by atoms with Crippen LogP contribution in [0.5, 0.6) is 0 Å². The fraction of sp³-hybridized carbons (Fsp3) is 0.611. The number of nitrogens with zero attached hydrogens (tertiary/aromatic N) is 1. The number of nitrogens with two attached hydrogens (primary N) is 1. The Labute approximate surface area is 149 Å². The Bertz CT molecular complexity index is 657. The molecule has 2 aliphatic rings. The largest absolute Gasteiger partial charge is 0.416 e. The minimum atomic E-state index is -4.48. The second-order valence-electron chi connectivity index (χ2n) is 7.00. The van der Waals surface area contributed by atoms with Crippen LogP contribution >= 0.6 is 0 Å². The zero-order valence-electron chi connectivity index (χ0n) is 14.3. The van der Waals surface area contributed by atoms with E-state index in [2.05, 4.69) is 0 Å². The Morgan fingerprint density at radius 3 is 2.62 bits per heavy atom. The first-order valence-electron chi connectivity index (χ1n) is 8.74. The van der Waals surface area contributed by atoms with Crippen LogP contribution < -0.4 is 5.73 Å². The maximum Gasteiger partial charge on any atom is 0.416 e. The van der Waals surface area contributed by atoms with E-state index in [9.17, 15) is 23.1 Å². The molecule has 1 aliphatic carbocycles. The van der Waals surface area contributed by atoms with Gasteiger partial charge < -0.3 is 20.5 Å². The van der Waals surface area contributed by atoms with E-state index in [1.54, 1.807) is 4.90 Å². The Balaban J connectivity index is 1.66. The number of likely N-dealkylation sites (tertiary alicyclic amines) is 1. The minimum Gasteiger partial charge on any atom is -0.392 e. The number of carbonyl (C=O) groups excluding carboxylic acids is 1. The molecule has 0 aromatic heterocycles. The average Bonchev–Trinajstić information content (AvgIpc) is 2.64. The molecule has 2 atom stereocenters. The van der Waals surface area contributed by atoms with Gasteiger partial charge in [0.05, 0.1) is 24.4 Å². The van der Waals surface area contributed by atoms with Crippen molar-refractivity contribution in [2.75, 3.05) is 26.2 Å². The van der Waals surface area contributed by atoms with Gasteiger partial charge in [-0.05, 0) is 31.0 Å². The molecule has 26 heavy (non-hydrogen) atoms. The number of hydrogen-bond acceptors (Lipinski definition) is 4. The van der Waals surface area contributed by atoms with E-state index in [0.29, 0.717) is 45.5 Å². The zero-order chi connectivity index (χ0) is 18.9. The highest BCUT2D eigenvalue weighted by Gasteiger charge is 2.56. The van der Waals surface area contributed by atoms with Gasteiger partial charge in [-0.3, -0.25) is 4.79 Å². The molecule has 1 aromatic rings. The zero-order valence-corrected chi connectivity index (χ0v) is 14.3. The Morgan fingerprint density at radius 1 is 1.35 bits per heavy atom. The lowest BCUT2D eigenvalue weighted by atomic mass is 9.58. The molecule has 5 nitrogen and oxygen atoms in total. The third-order valence-corrected chi connectivity index (χ3v) is 5.60. The van der Waals surface area contributed by atoms with Gasteiger partial charge in [0.1, 0.15) is 0 Å². The maximum atomic E-state index is 12.8. The van der Waals surface area contributed by atoms with Crippen LogP contribution in [-0.2, 0) is 10.9 Å². The second kappa shape index (κ2) is 7.17. The molecule has 1 saturated carbocycles. The lowest BCUT2D eigenvalue weighted by molar-refractivity contribution is -0.207. The molecule has 0 unspecified atom stereocenters. The third kappa shape index (κ3) is 3.45. The van der Waals surface area contributed by atoms with Crippen molar-refractivity contribution in [1.82, 2.24) is 4.90 Å². The molecule has 3 N–H and O–H groups in total. The Morgan fingerprint density at radius 2 is 2.04 bits per heavy atom. The molecule has 0 bridgehead atoms. The number of alkyl halides is 3. The highest BCUT2D eigenvalue weighted by molar-refractivity contribution is 5.94. The standard InChI is InChI=1S/C18H23F3N2O3/c19-18(20,21)13-3-1-2-12(10-13)16(25)23-7-4-17(5-8-23)14(24)11-15(17)26-9-6-22/h1-3,10,14-15,24H,4-9,11,22H2/t14-,15+/m0/s1. The van der Waals surface area contributed by atoms with E-state index < -0.39 is 23.8 Å². The van der Waals surface area contributed by atoms with Crippen LogP contribution in [0.15, 0.2) is 24.3 Å². The molecule has 2 fully saturated rings. The summed E-state index contributed by atoms with van der Waals surface area (Å²) in [6, 6.07) is 4.48. The molecular formula is C18H23F3N2O3. The highest BCUT2D eigenvalue weighted by Crippen LogP contribution is 2.51. The molecule has 144 valence electrons. The van der Waals surface area contributed by atoms with E-state index in [-0.39, 0.29) is 17.1 Å². The lowest BCUT2D eigenvalue weighted by Gasteiger charge is -2.56. The van der Waals surface area contributed by atoms with E-state index in [0.717, 1.165) is 12.1 Å². The van der Waals surface area contributed by atoms with Crippen molar-refractivity contribution in [3.05, 3.63) is 35.4 Å². The number of hydrogen-bond donors (Lipinski definition) is 2. The number of aliphatic hydroxyl groups is 1. The van der Waals surface area contributed by atoms with Crippen molar-refractivity contribution in [3.8, 4) is 0 Å². The van der Waals surface area contributed by atoms with Crippen molar-refractivity contribution in [1.29, 1.82) is 0 Å². The van der Waals surface area contributed by atoms with E-state index >= 15 is 0 Å². The van der Waals surface area contributed by atoms with Crippen molar-refractivity contribution >= 4 is 5.91 Å². The summed E-state index contributed by atoms with van der Waals surface area (Å²) in [5.74, 6) is -0.417. The molecule has 1 heterocycles. The molecule has 0 radical (unpaired) electrons. The first kappa shape index (κ1) is 19.1. The number of benzene rings is 1. The normalized spacial score (nSPS) is 25.2. The predicted octanol–water partition coefficient (Wildman–Crippen LogP) is 2.04. The Kier molecular flexibility index (Phi) is 5.28. The molecule has 8 heteroatoms. The van der Waals surface area contributed by atoms with Crippen LogP contribution in [0.4, 0.5) is 13.2 Å². The van der Waals surface area contributed by atoms with E-state index in [1.165, 1.54) is 12.1 Å². The smallest absolute Gasteiger partial charge is 0.392 e. The predicted molar refractivity (Wildman–Crippen MR) is 88.4 cm³/mol. The second-order valence-corrected chi connectivity index (χ2v) is 7.00. The van der Waals surface area contributed by atoms with Gasteiger partial charge in [-0.15, -0.1) is 0 Å². The summed E-state index contributed by atoms with van der Waals surface area (Å²) in [4.78, 5) is 14.1. The number of carbonyl (C=O) groups is 1. The fourth-order valence-electron chi connectivity index (χ4n) is 3.96. The first-order valence-corrected chi connectivity index (χ1v) is 8.74. The van der Waals surface area contributed by atoms with Crippen molar-refractivity contribution < 1.29 is 27.8 Å². The summed E-state index contributed by atoms with van der Waals surface area (Å²) in [7, 11) is 0. The topological polar surface area (TPSA) is 75.8 Å². The van der Waals surface area contributed by atoms with Gasteiger partial charge in [-0.2, -0.15) is 13.2 Å². The van der Waals surface area contributed by atoms with Gasteiger partial charge in [0.2, 0.25) is 0 Å². The summed E-state index contributed by atoms with van der Waals surface area (Å²) in [6.07, 6.45) is -3.35. The van der Waals surface area contributed by atoms with Crippen LogP contribution in [0.25, 0.3) is 0 Å². The summed E-state index contributed by atoms with van der Waals surface area (Å²) in [5, 5.41) is 10.2. The van der Waals surface area contributed by atoms with Gasteiger partial charge in [-0.1, -0.05) is 6.07 Å². The van der Waals surface area contributed by atoms with Gasteiger partial charge in [0, 0.05) is 37.0 Å². The monoisotopic (exact) mass is 372 g/mol. The third-order valence-electron chi connectivity index (χ3n) is 5.60. The summed E-state index contributed by atoms with van der Waals surface area (Å²) in [5.41, 5.74) is 4.28. The van der Waals surface area contributed by atoms with Crippen LogP contribution in [0.2, 0.25) is 0 Å². The summed E-state index contributed by atoms with van der Waals surface area (Å²) >= 11 is 0. The SMILES string of the molecule is NCCO[C@@H]1C[C@H](O)C12CCN(C(=O)c1cccc(C(F)(F)F)c1)CC2. The number of ether oxygens (including phenoxy) is 1. The summed E-state index contributed by atoms with van der Waals surface area (Å²) < 4.78 is 44.2. The van der Waals surface area contributed by atoms with Crippen LogP contribution in [-0.4, -0.2) is 54.4 Å². The molecule has 1 spiro atoms. The number of amides is 1. The van der Waals surface area contributed by atoms with Crippen molar-refractivity contribution in [2.24, 2.45) is 11.1 Å². The number of rotatable bonds is 4.